The quantitative estimate of drug-likeness (QED) is 0.0478. The minimum Gasteiger partial charge on any atom is -0.432 e. The topological polar surface area (TPSA) is 413 Å². The Morgan fingerprint density at radius 3 is 1.74 bits per heavy atom. The van der Waals surface area contributed by atoms with Crippen molar-refractivity contribution in [2.24, 2.45) is 56.7 Å². The van der Waals surface area contributed by atoms with Crippen LogP contribution in [0.2, 0.25) is 0 Å². The lowest BCUT2D eigenvalue weighted by Crippen LogP contribution is -2.68. The molecule has 488 valence electrons. The Balaban J connectivity index is 0.820. The molecule has 35 atom stereocenters. The van der Waals surface area contributed by atoms with Crippen LogP contribution in [0.25, 0.3) is 0 Å². The standard InChI is InChI=1S/C59H96O26/c1-23(2)26-11-16-59(54(75)85-52-45(73)41(69)38(66)30(81-52)21-77-49-46(74)42(70)47(29(19-60)80-49)83-50-43(71)39(67)35(63)24(3)78-50)18-17-57(7)27(34(26)59)9-10-32-55(5)14-13-33(56(6,22-61)31(55)12-15-58(32,57)8)82-53-48(37(65)28(62)20-76-53)84-51-44(72)40(68)36(64)25(4)79-51/h24-53,60-74H,1,9-22H2,2-8H3/t24-,25-,26?,27?,28-,29-,30-,31?,32?,33?,34?,35-,36-,37-,38-,39-,40-,41+,42-,43-,44-,45-,46-,47-,48-,49-,50+,51+,52+,53+,55?,56+,57?,58?,59?/m1/s1. The van der Waals surface area contributed by atoms with Crippen LogP contribution in [0.1, 0.15) is 113 Å². The maximum atomic E-state index is 15.2. The van der Waals surface area contributed by atoms with Gasteiger partial charge in [-0.05, 0) is 131 Å². The first kappa shape index (κ1) is 66.2. The summed E-state index contributed by atoms with van der Waals surface area (Å²) in [5, 5.41) is 163. The van der Waals surface area contributed by atoms with Crippen molar-refractivity contribution in [2.75, 3.05) is 26.4 Å². The highest BCUT2D eigenvalue weighted by atomic mass is 16.8. The van der Waals surface area contributed by atoms with Crippen LogP contribution >= 0.6 is 0 Å². The molecule has 5 aliphatic heterocycles. The minimum absolute atomic E-state index is 0.0172. The zero-order valence-corrected chi connectivity index (χ0v) is 49.6. The summed E-state index contributed by atoms with van der Waals surface area (Å²) in [6.07, 6.45) is -31.6. The van der Waals surface area contributed by atoms with E-state index in [-0.39, 0.29) is 59.0 Å². The van der Waals surface area contributed by atoms with E-state index in [2.05, 4.69) is 27.4 Å². The van der Waals surface area contributed by atoms with Gasteiger partial charge in [0.15, 0.2) is 25.2 Å². The van der Waals surface area contributed by atoms with Gasteiger partial charge in [-0.3, -0.25) is 4.79 Å². The van der Waals surface area contributed by atoms with E-state index in [9.17, 15) is 76.6 Å². The third-order valence-electron chi connectivity index (χ3n) is 23.6. The Morgan fingerprint density at radius 2 is 1.13 bits per heavy atom. The average molecular weight is 1220 g/mol. The highest BCUT2D eigenvalue weighted by Gasteiger charge is 2.73. The van der Waals surface area contributed by atoms with Crippen LogP contribution < -0.4 is 0 Å². The van der Waals surface area contributed by atoms with Gasteiger partial charge < -0.3 is 124 Å². The summed E-state index contributed by atoms with van der Waals surface area (Å²) in [6.45, 7) is 16.5. The van der Waals surface area contributed by atoms with Gasteiger partial charge in [0.1, 0.15) is 104 Å². The molecule has 0 spiro atoms. The molecule has 10 fully saturated rings. The van der Waals surface area contributed by atoms with Crippen LogP contribution in [0.5, 0.6) is 0 Å². The first-order valence-corrected chi connectivity index (χ1v) is 30.7. The van der Waals surface area contributed by atoms with Crippen molar-refractivity contribution in [2.45, 2.75) is 266 Å². The fraction of sp³-hybridized carbons (Fsp3) is 0.949. The molecule has 10 rings (SSSR count). The molecule has 5 saturated carbocycles. The number of fused-ring (bicyclic) bond motifs is 7. The molecule has 26 nitrogen and oxygen atoms in total. The normalized spacial score (nSPS) is 56.3. The molecule has 0 bridgehead atoms. The van der Waals surface area contributed by atoms with Crippen molar-refractivity contribution in [3.63, 3.8) is 0 Å². The van der Waals surface area contributed by atoms with E-state index in [1.165, 1.54) is 13.8 Å². The third kappa shape index (κ3) is 10.9. The summed E-state index contributed by atoms with van der Waals surface area (Å²) in [6, 6.07) is 0. The number of esters is 1. The van der Waals surface area contributed by atoms with Gasteiger partial charge in [-0.25, -0.2) is 0 Å². The van der Waals surface area contributed by atoms with Crippen molar-refractivity contribution in [1.82, 2.24) is 0 Å². The predicted molar refractivity (Wildman–Crippen MR) is 288 cm³/mol. The summed E-state index contributed by atoms with van der Waals surface area (Å²) in [5.74, 6) is -0.760. The molecule has 0 radical (unpaired) electrons. The summed E-state index contributed by atoms with van der Waals surface area (Å²) in [7, 11) is 0. The smallest absolute Gasteiger partial charge is 0.314 e. The van der Waals surface area contributed by atoms with E-state index >= 15 is 4.79 Å². The second-order valence-corrected chi connectivity index (χ2v) is 28.0. The fourth-order valence-corrected chi connectivity index (χ4v) is 18.4. The molecule has 0 aromatic heterocycles. The van der Waals surface area contributed by atoms with Gasteiger partial charge in [0.25, 0.3) is 0 Å². The van der Waals surface area contributed by atoms with E-state index in [0.29, 0.717) is 38.5 Å². The Morgan fingerprint density at radius 1 is 0.541 bits per heavy atom. The van der Waals surface area contributed by atoms with Crippen molar-refractivity contribution < 1.29 is 129 Å². The van der Waals surface area contributed by atoms with E-state index in [4.69, 9.17) is 47.4 Å². The van der Waals surface area contributed by atoms with Crippen LogP contribution in [-0.4, -0.2) is 263 Å². The van der Waals surface area contributed by atoms with E-state index in [1.54, 1.807) is 0 Å². The maximum Gasteiger partial charge on any atom is 0.314 e. The summed E-state index contributed by atoms with van der Waals surface area (Å²) in [4.78, 5) is 15.2. The largest absolute Gasteiger partial charge is 0.432 e. The molecule has 5 saturated heterocycles. The third-order valence-corrected chi connectivity index (χ3v) is 23.6. The molecule has 15 N–H and O–H groups in total. The number of hydrogen-bond acceptors (Lipinski definition) is 26. The van der Waals surface area contributed by atoms with Gasteiger partial charge in [-0.1, -0.05) is 39.8 Å². The number of aliphatic hydroxyl groups is 15. The fourth-order valence-electron chi connectivity index (χ4n) is 18.4. The lowest BCUT2D eigenvalue weighted by Gasteiger charge is -2.73. The Bertz CT molecular complexity index is 2340. The molecular weight excluding hydrogens is 1120 g/mol. The monoisotopic (exact) mass is 1220 g/mol. The highest BCUT2D eigenvalue weighted by molar-refractivity contribution is 5.78. The molecule has 10 aliphatic rings. The zero-order valence-electron chi connectivity index (χ0n) is 49.6. The molecule has 5 heterocycles. The van der Waals surface area contributed by atoms with E-state index in [0.717, 1.165) is 31.3 Å². The van der Waals surface area contributed by atoms with Crippen LogP contribution in [0, 0.1) is 56.7 Å². The number of allylic oxidation sites excluding steroid dienone is 1. The molecule has 0 amide bonds. The van der Waals surface area contributed by atoms with Crippen LogP contribution in [0.4, 0.5) is 0 Å². The van der Waals surface area contributed by atoms with Crippen molar-refractivity contribution in [3.8, 4) is 0 Å². The second-order valence-electron chi connectivity index (χ2n) is 28.0. The van der Waals surface area contributed by atoms with Crippen molar-refractivity contribution >= 4 is 5.97 Å². The number of aliphatic hydroxyl groups excluding tert-OH is 15. The predicted octanol–water partition coefficient (Wildman–Crippen LogP) is -2.69. The molecule has 0 aromatic rings. The zero-order chi connectivity index (χ0) is 61.9. The Hall–Kier alpha value is -1.75. The number of carbonyl (C=O) groups is 1. The van der Waals surface area contributed by atoms with Crippen molar-refractivity contribution in [1.29, 1.82) is 0 Å². The molecule has 26 heteroatoms. The second kappa shape index (κ2) is 24.7. The summed E-state index contributed by atoms with van der Waals surface area (Å²) >= 11 is 0. The van der Waals surface area contributed by atoms with Gasteiger partial charge in [0, 0.05) is 5.41 Å². The van der Waals surface area contributed by atoms with Crippen LogP contribution in [0.15, 0.2) is 12.2 Å². The number of carbonyl (C=O) groups excluding carboxylic acids is 1. The van der Waals surface area contributed by atoms with Gasteiger partial charge in [0.2, 0.25) is 6.29 Å². The van der Waals surface area contributed by atoms with Crippen LogP contribution in [0.3, 0.4) is 0 Å². The number of hydrogen-bond donors (Lipinski definition) is 15. The molecule has 5 aliphatic carbocycles. The molecule has 0 aromatic carbocycles. The van der Waals surface area contributed by atoms with Gasteiger partial charge in [-0.2, -0.15) is 0 Å². The Kier molecular flexibility index (Phi) is 19.2. The SMILES string of the molecule is C=C(C)C1CCC2(C(=O)O[C@@H]3O[C@H](CO[C@@H]4O[C@H](CO)[C@@H](O[C@@H]5O[C@H](C)[C@@H](O)[C@@H](O)[C@H]5O)[C@H](O)[C@H]4O)[C@@H](O)[C@H](O)[C@H]3O)CCC3(C)C(CCC4C5(C)CCC(O[C@@H]6OC[C@@H](O)[C@@H](O)[C@H]6O[C@@H]6O[C@H](C)[C@@H](O)[C@@H](O)[C@H]6O)[C@@](C)(CO)C5CCC43C)C12. The van der Waals surface area contributed by atoms with Gasteiger partial charge in [0.05, 0.1) is 50.2 Å². The molecule has 10 unspecified atom stereocenters. The van der Waals surface area contributed by atoms with Crippen LogP contribution in [-0.2, 0) is 52.2 Å². The van der Waals surface area contributed by atoms with Gasteiger partial charge in [-0.15, -0.1) is 0 Å². The highest BCUT2D eigenvalue weighted by Crippen LogP contribution is 2.78. The molecular formula is C59H96O26. The lowest BCUT2D eigenvalue weighted by molar-refractivity contribution is -0.366. The number of rotatable bonds is 14. The summed E-state index contributed by atoms with van der Waals surface area (Å²) < 4.78 is 59.5. The maximum absolute atomic E-state index is 15.2. The lowest BCUT2D eigenvalue weighted by atomic mass is 9.32. The minimum atomic E-state index is -1.90. The van der Waals surface area contributed by atoms with E-state index < -0.39 is 184 Å². The number of ether oxygens (including phenoxy) is 10. The van der Waals surface area contributed by atoms with E-state index in [1.807, 2.05) is 13.8 Å². The first-order chi connectivity index (χ1) is 39.9. The Labute approximate surface area is 494 Å². The molecule has 85 heavy (non-hydrogen) atoms. The average Bonchev–Trinajstić information content (AvgIpc) is 1.62. The van der Waals surface area contributed by atoms with Crippen molar-refractivity contribution in [3.05, 3.63) is 12.2 Å². The first-order valence-electron chi connectivity index (χ1n) is 30.7. The summed E-state index contributed by atoms with van der Waals surface area (Å²) in [5.41, 5.74) is -1.80. The van der Waals surface area contributed by atoms with Gasteiger partial charge >= 0.3 is 5.97 Å².